The van der Waals surface area contributed by atoms with E-state index in [-0.39, 0.29) is 11.2 Å². The van der Waals surface area contributed by atoms with Gasteiger partial charge in [0.2, 0.25) is 11.2 Å². The highest BCUT2D eigenvalue weighted by atomic mass is 16.5. The van der Waals surface area contributed by atoms with Crippen LogP contribution in [0.15, 0.2) is 33.9 Å². The van der Waals surface area contributed by atoms with E-state index < -0.39 is 0 Å². The number of fused-ring (bicyclic) bond motifs is 3. The van der Waals surface area contributed by atoms with Crippen molar-refractivity contribution in [3.05, 3.63) is 45.1 Å². The summed E-state index contributed by atoms with van der Waals surface area (Å²) in [6, 6.07) is 7.94. The fraction of sp³-hybridized carbons (Fsp3) is 0.476. The van der Waals surface area contributed by atoms with Gasteiger partial charge in [-0.15, -0.1) is 0 Å². The van der Waals surface area contributed by atoms with Crippen LogP contribution in [0, 0.1) is 0 Å². The molecule has 0 fully saturated rings. The molecule has 3 heterocycles. The van der Waals surface area contributed by atoms with E-state index in [0.717, 1.165) is 49.7 Å². The molecular weight excluding hydrogens is 370 g/mol. The Hall–Kier alpha value is -3.03. The average Bonchev–Trinajstić information content (AvgIpc) is 3.13. The van der Waals surface area contributed by atoms with Gasteiger partial charge in [0, 0.05) is 20.0 Å². The van der Waals surface area contributed by atoms with Crippen LogP contribution < -0.4 is 25.5 Å². The van der Waals surface area contributed by atoms with Gasteiger partial charge >= 0.3 is 11.6 Å². The minimum Gasteiger partial charge on any atom is -0.494 e. The molecule has 1 aliphatic heterocycles. The smallest absolute Gasteiger partial charge is 0.364 e. The summed E-state index contributed by atoms with van der Waals surface area (Å²) < 4.78 is 10.5. The summed E-state index contributed by atoms with van der Waals surface area (Å²) in [5.74, 6) is 1.66. The second kappa shape index (κ2) is 7.77. The fourth-order valence-electron chi connectivity index (χ4n) is 3.99. The number of ether oxygens (including phenoxy) is 1. The quantitative estimate of drug-likeness (QED) is 0.645. The minimum atomic E-state index is -0.275. The van der Waals surface area contributed by atoms with Crippen molar-refractivity contribution in [2.24, 2.45) is 7.05 Å². The average molecular weight is 398 g/mol. The third-order valence-electron chi connectivity index (χ3n) is 5.49. The van der Waals surface area contributed by atoms with Crippen LogP contribution in [0.1, 0.15) is 33.1 Å². The number of rotatable bonds is 6. The molecule has 1 N–H and O–H groups in total. The Morgan fingerprint density at radius 2 is 1.93 bits per heavy atom. The largest absolute Gasteiger partial charge is 0.494 e. The molecule has 0 unspecified atom stereocenters. The van der Waals surface area contributed by atoms with E-state index in [1.54, 1.807) is 11.6 Å². The normalized spacial score (nSPS) is 13.7. The summed E-state index contributed by atoms with van der Waals surface area (Å²) in [6.07, 6.45) is 2.64. The van der Waals surface area contributed by atoms with E-state index in [4.69, 9.17) is 4.74 Å². The number of imidazole rings is 1. The Kier molecular flexibility index (Phi) is 5.17. The van der Waals surface area contributed by atoms with Crippen LogP contribution >= 0.6 is 0 Å². The predicted octanol–water partition coefficient (Wildman–Crippen LogP) is 2.06. The molecule has 2 aromatic heterocycles. The maximum atomic E-state index is 13.2. The molecule has 3 aromatic rings. The Bertz CT molecular complexity index is 1140. The summed E-state index contributed by atoms with van der Waals surface area (Å²) in [4.78, 5) is 31.4. The van der Waals surface area contributed by atoms with Gasteiger partial charge in [-0.05, 0) is 37.6 Å². The predicted molar refractivity (Wildman–Crippen MR) is 112 cm³/mol. The molecule has 0 amide bonds. The summed E-state index contributed by atoms with van der Waals surface area (Å²) in [5.41, 5.74) is 1.66. The van der Waals surface area contributed by atoms with Crippen molar-refractivity contribution in [1.82, 2.24) is 14.1 Å². The van der Waals surface area contributed by atoms with Crippen molar-refractivity contribution >= 4 is 22.8 Å². The lowest BCUT2D eigenvalue weighted by molar-refractivity contribution is -0.663. The molecule has 0 bridgehead atoms. The van der Waals surface area contributed by atoms with Crippen molar-refractivity contribution in [3.63, 3.8) is 0 Å². The topological polar surface area (TPSA) is 76.1 Å². The SMILES string of the molecule is CCCCn1c(=O)c2c([nH]c3[n+]2CCCN3c2ccc(OCC)cc2)n(C)c1=O. The van der Waals surface area contributed by atoms with Gasteiger partial charge in [0.05, 0.1) is 19.7 Å². The van der Waals surface area contributed by atoms with E-state index in [0.29, 0.717) is 24.3 Å². The maximum Gasteiger partial charge on any atom is 0.364 e. The Balaban J connectivity index is 1.85. The first-order valence-electron chi connectivity index (χ1n) is 10.3. The van der Waals surface area contributed by atoms with Crippen molar-refractivity contribution in [3.8, 4) is 5.75 Å². The van der Waals surface area contributed by atoms with Crippen molar-refractivity contribution in [1.29, 1.82) is 0 Å². The van der Waals surface area contributed by atoms with Gasteiger partial charge < -0.3 is 4.74 Å². The molecule has 8 nitrogen and oxygen atoms in total. The highest BCUT2D eigenvalue weighted by Gasteiger charge is 2.33. The molecule has 0 aliphatic carbocycles. The van der Waals surface area contributed by atoms with Gasteiger partial charge in [-0.25, -0.2) is 19.2 Å². The van der Waals surface area contributed by atoms with Crippen LogP contribution in [-0.4, -0.2) is 27.3 Å². The molecule has 0 spiro atoms. The number of H-pyrrole nitrogens is 1. The molecule has 154 valence electrons. The van der Waals surface area contributed by atoms with Gasteiger partial charge in [-0.3, -0.25) is 13.9 Å². The Morgan fingerprint density at radius 1 is 1.17 bits per heavy atom. The summed E-state index contributed by atoms with van der Waals surface area (Å²) in [6.45, 7) is 6.66. The third kappa shape index (κ3) is 3.22. The lowest BCUT2D eigenvalue weighted by atomic mass is 10.2. The number of nitrogens with zero attached hydrogens (tertiary/aromatic N) is 4. The number of aromatic amines is 1. The highest BCUT2D eigenvalue weighted by molar-refractivity contribution is 5.70. The lowest BCUT2D eigenvalue weighted by Crippen LogP contribution is -2.49. The zero-order chi connectivity index (χ0) is 20.5. The van der Waals surface area contributed by atoms with Crippen molar-refractivity contribution < 1.29 is 9.30 Å². The van der Waals surface area contributed by atoms with Gasteiger partial charge in [-0.1, -0.05) is 13.3 Å². The number of hydrogen-bond donors (Lipinski definition) is 1. The van der Waals surface area contributed by atoms with Gasteiger partial charge in [-0.2, -0.15) is 0 Å². The molecule has 1 aliphatic rings. The molecule has 8 heteroatoms. The molecule has 0 saturated carbocycles. The summed E-state index contributed by atoms with van der Waals surface area (Å²) >= 11 is 0. The summed E-state index contributed by atoms with van der Waals surface area (Å²) in [5, 5.41) is 0. The first kappa shape index (κ1) is 19.3. The van der Waals surface area contributed by atoms with Gasteiger partial charge in [0.1, 0.15) is 11.4 Å². The number of hydrogen-bond acceptors (Lipinski definition) is 4. The number of aryl methyl sites for hydroxylation is 2. The molecular formula is C21H28N5O3+. The van der Waals surface area contributed by atoms with Crippen molar-refractivity contribution in [2.75, 3.05) is 18.1 Å². The number of anilines is 2. The molecule has 0 saturated heterocycles. The third-order valence-corrected chi connectivity index (χ3v) is 5.49. The zero-order valence-corrected chi connectivity index (χ0v) is 17.3. The Morgan fingerprint density at radius 3 is 2.62 bits per heavy atom. The van der Waals surface area contributed by atoms with E-state index in [1.807, 2.05) is 35.8 Å². The van der Waals surface area contributed by atoms with Crippen LogP contribution in [0.2, 0.25) is 0 Å². The van der Waals surface area contributed by atoms with E-state index >= 15 is 0 Å². The van der Waals surface area contributed by atoms with Crippen LogP contribution in [0.5, 0.6) is 5.75 Å². The van der Waals surface area contributed by atoms with E-state index in [9.17, 15) is 9.59 Å². The van der Waals surface area contributed by atoms with Crippen LogP contribution in [0.4, 0.5) is 11.6 Å². The number of benzene rings is 1. The van der Waals surface area contributed by atoms with E-state index in [2.05, 4.69) is 16.8 Å². The Labute approximate surface area is 169 Å². The van der Waals surface area contributed by atoms with Crippen LogP contribution in [0.25, 0.3) is 11.2 Å². The summed E-state index contributed by atoms with van der Waals surface area (Å²) in [7, 11) is 1.72. The highest BCUT2D eigenvalue weighted by Crippen LogP contribution is 2.27. The molecule has 1 aromatic carbocycles. The molecule has 4 rings (SSSR count). The van der Waals surface area contributed by atoms with Gasteiger partial charge in [0.25, 0.3) is 5.56 Å². The molecule has 0 atom stereocenters. The first-order valence-corrected chi connectivity index (χ1v) is 10.3. The number of nitrogens with one attached hydrogen (secondary N) is 1. The monoisotopic (exact) mass is 398 g/mol. The minimum absolute atomic E-state index is 0.215. The standard InChI is InChI=1S/C21H27N5O3/c1-4-6-12-26-19(27)17-18(23(3)21(26)28)22-20-24(13-7-14-25(17)20)15-8-10-16(11-9-15)29-5-2/h8-11H,4-7,12-14H2,1-3H3/p+1. The second-order valence-electron chi connectivity index (χ2n) is 7.38. The second-order valence-corrected chi connectivity index (χ2v) is 7.38. The van der Waals surface area contributed by atoms with Crippen molar-refractivity contribution in [2.45, 2.75) is 46.2 Å². The number of aromatic nitrogens is 4. The fourth-order valence-corrected chi connectivity index (χ4v) is 3.99. The van der Waals surface area contributed by atoms with Gasteiger partial charge in [0.15, 0.2) is 0 Å². The zero-order valence-electron chi connectivity index (χ0n) is 17.3. The first-order chi connectivity index (χ1) is 14.1. The molecule has 29 heavy (non-hydrogen) atoms. The lowest BCUT2D eigenvalue weighted by Gasteiger charge is -2.22. The van der Waals surface area contributed by atoms with Crippen LogP contribution in [0.3, 0.4) is 0 Å². The van der Waals surface area contributed by atoms with Crippen LogP contribution in [-0.2, 0) is 20.1 Å². The molecule has 0 radical (unpaired) electrons. The number of unbranched alkanes of at least 4 members (excludes halogenated alkanes) is 1. The van der Waals surface area contributed by atoms with E-state index in [1.165, 1.54) is 4.57 Å². The maximum absolute atomic E-state index is 13.2.